The van der Waals surface area contributed by atoms with E-state index in [0.29, 0.717) is 6.10 Å². The normalized spacial score (nSPS) is 14.5. The number of hydrogen-bond acceptors (Lipinski definition) is 1. The van der Waals surface area contributed by atoms with Gasteiger partial charge in [-0.1, -0.05) is 0 Å². The zero-order valence-corrected chi connectivity index (χ0v) is 5.15. The second kappa shape index (κ2) is 3.66. The Morgan fingerprint density at radius 3 is 2.33 bits per heavy atom. The molecule has 0 aromatic rings. The van der Waals surface area contributed by atoms with E-state index in [-0.39, 0.29) is 0 Å². The first-order chi connectivity index (χ1) is 2.81. The summed E-state index contributed by atoms with van der Waals surface area (Å²) in [5.41, 5.74) is 0. The van der Waals surface area contributed by atoms with Crippen LogP contribution in [-0.4, -0.2) is 6.10 Å². The van der Waals surface area contributed by atoms with E-state index >= 15 is 0 Å². The molecule has 0 aliphatic heterocycles. The van der Waals surface area contributed by atoms with E-state index in [1.165, 1.54) is 0 Å². The van der Waals surface area contributed by atoms with Gasteiger partial charge in [0.05, 0.1) is 0 Å². The average molecular weight is 129 g/mol. The van der Waals surface area contributed by atoms with Gasteiger partial charge in [0, 0.05) is 0 Å². The van der Waals surface area contributed by atoms with Gasteiger partial charge in [0.1, 0.15) is 0 Å². The van der Waals surface area contributed by atoms with Crippen molar-refractivity contribution in [2.24, 2.45) is 0 Å². The van der Waals surface area contributed by atoms with Crippen molar-refractivity contribution in [1.29, 1.82) is 0 Å². The van der Waals surface area contributed by atoms with Gasteiger partial charge >= 0.3 is 46.5 Å². The molecule has 0 saturated heterocycles. The fraction of sp³-hybridized carbons (Fsp3) is 1.00. The molecule has 1 unspecified atom stereocenters. The number of hydrogen-bond donors (Lipinski definition) is 0. The quantitative estimate of drug-likeness (QED) is 0.510. The van der Waals surface area contributed by atoms with Crippen LogP contribution in [0.4, 0.5) is 0 Å². The van der Waals surface area contributed by atoms with Gasteiger partial charge in [-0.3, -0.25) is 0 Å². The Morgan fingerprint density at radius 1 is 1.83 bits per heavy atom. The van der Waals surface area contributed by atoms with E-state index in [9.17, 15) is 0 Å². The summed E-state index contributed by atoms with van der Waals surface area (Å²) in [5, 5.41) is 0. The van der Waals surface area contributed by atoms with Crippen LogP contribution in [0.1, 0.15) is 20.3 Å². The van der Waals surface area contributed by atoms with E-state index in [1.807, 2.05) is 6.92 Å². The van der Waals surface area contributed by atoms with Gasteiger partial charge in [-0.05, 0) is 0 Å². The Labute approximate surface area is 47.2 Å². The molecule has 1 atom stereocenters. The van der Waals surface area contributed by atoms with Crippen LogP contribution in [0.3, 0.4) is 0 Å². The topological polar surface area (TPSA) is 9.23 Å². The second-order valence-electron chi connectivity index (χ2n) is 1.30. The summed E-state index contributed by atoms with van der Waals surface area (Å²) in [6.07, 6.45) is 1.37. The van der Waals surface area contributed by atoms with Crippen molar-refractivity contribution in [2.45, 2.75) is 26.4 Å². The fourth-order valence-corrected chi connectivity index (χ4v) is 0.243. The summed E-state index contributed by atoms with van der Waals surface area (Å²) >= 11 is 3.26. The molecule has 0 aromatic carbocycles. The first kappa shape index (κ1) is 6.48. The molecule has 0 radical (unpaired) electrons. The van der Waals surface area contributed by atoms with Crippen molar-refractivity contribution in [3.63, 3.8) is 0 Å². The van der Waals surface area contributed by atoms with Crippen molar-refractivity contribution < 1.29 is 20.2 Å². The van der Waals surface area contributed by atoms with E-state index in [4.69, 9.17) is 0 Å². The van der Waals surface area contributed by atoms with Crippen LogP contribution in [-0.2, 0) is 20.2 Å². The van der Waals surface area contributed by atoms with E-state index in [1.54, 1.807) is 0 Å². The summed E-state index contributed by atoms with van der Waals surface area (Å²) in [6, 6.07) is 0. The zero-order valence-electron chi connectivity index (χ0n) is 4.05. The maximum absolute atomic E-state index is 4.65. The molecule has 0 spiro atoms. The molecule has 0 amide bonds. The van der Waals surface area contributed by atoms with Crippen LogP contribution in [0.2, 0.25) is 0 Å². The monoisotopic (exact) mass is 129 g/mol. The van der Waals surface area contributed by atoms with Gasteiger partial charge < -0.3 is 0 Å². The molecule has 0 rings (SSSR count). The summed E-state index contributed by atoms with van der Waals surface area (Å²) in [6.45, 7) is 4.06. The van der Waals surface area contributed by atoms with Gasteiger partial charge in [-0.25, -0.2) is 0 Å². The van der Waals surface area contributed by atoms with Gasteiger partial charge in [-0.2, -0.15) is 0 Å². The molecule has 1 nitrogen and oxygen atoms in total. The molecule has 2 heteroatoms. The first-order valence-corrected chi connectivity index (χ1v) is 2.52. The molecule has 0 fully saturated rings. The summed E-state index contributed by atoms with van der Waals surface area (Å²) in [7, 11) is 0. The predicted molar refractivity (Wildman–Crippen MR) is 20.8 cm³/mol. The average Bonchev–Trinajstić information content (AvgIpc) is 1.65. The van der Waals surface area contributed by atoms with Crippen LogP contribution < -0.4 is 0 Å². The maximum atomic E-state index is 4.65. The predicted octanol–water partition coefficient (Wildman–Crippen LogP) is 1.26. The Balaban J connectivity index is 2.75. The minimum atomic E-state index is 0.324. The Kier molecular flexibility index (Phi) is 3.95. The van der Waals surface area contributed by atoms with Gasteiger partial charge in [0.15, 0.2) is 0 Å². The van der Waals surface area contributed by atoms with Gasteiger partial charge in [0.25, 0.3) is 0 Å². The van der Waals surface area contributed by atoms with E-state index in [2.05, 4.69) is 27.1 Å². The van der Waals surface area contributed by atoms with Crippen molar-refractivity contribution in [2.75, 3.05) is 0 Å². The fourth-order valence-electron chi connectivity index (χ4n) is 0.0589. The van der Waals surface area contributed by atoms with E-state index in [0.717, 1.165) is 6.42 Å². The van der Waals surface area contributed by atoms with Crippen LogP contribution in [0.15, 0.2) is 0 Å². The molecule has 6 heavy (non-hydrogen) atoms. The molecule has 38 valence electrons. The van der Waals surface area contributed by atoms with Gasteiger partial charge in [-0.15, -0.1) is 0 Å². The standard InChI is InChI=1S/C4H9O.Fe/c1-3-4(2)5;/h4H,3H2,1-2H3;/q-1;+2. The van der Waals surface area contributed by atoms with Crippen molar-refractivity contribution in [3.8, 4) is 0 Å². The Bertz CT molecular complexity index is 26.7. The van der Waals surface area contributed by atoms with Crippen molar-refractivity contribution >= 4 is 0 Å². The van der Waals surface area contributed by atoms with Gasteiger partial charge in [0.2, 0.25) is 0 Å². The van der Waals surface area contributed by atoms with Crippen LogP contribution >= 0.6 is 0 Å². The third kappa shape index (κ3) is 2.70. The second-order valence-corrected chi connectivity index (χ2v) is 1.56. The molecule has 0 aromatic heterocycles. The summed E-state index contributed by atoms with van der Waals surface area (Å²) in [4.78, 5) is 0. The van der Waals surface area contributed by atoms with Crippen molar-refractivity contribution in [1.82, 2.24) is 0 Å². The molecule has 0 aliphatic carbocycles. The summed E-state index contributed by atoms with van der Waals surface area (Å²) < 4.78 is 4.65. The molecule has 0 saturated carbocycles. The van der Waals surface area contributed by atoms with E-state index < -0.39 is 0 Å². The Morgan fingerprint density at radius 2 is 2.33 bits per heavy atom. The zero-order chi connectivity index (χ0) is 4.99. The van der Waals surface area contributed by atoms with Crippen molar-refractivity contribution in [3.05, 3.63) is 0 Å². The first-order valence-electron chi connectivity index (χ1n) is 2.07. The van der Waals surface area contributed by atoms with Crippen LogP contribution in [0.5, 0.6) is 0 Å². The molecular weight excluding hydrogens is 120 g/mol. The molecule has 0 heterocycles. The Hall–Kier alpha value is 0.479. The summed E-state index contributed by atoms with van der Waals surface area (Å²) in [5.74, 6) is 0. The third-order valence-electron chi connectivity index (χ3n) is 0.717. The number of rotatable bonds is 2. The molecule has 0 bridgehead atoms. The minimum absolute atomic E-state index is 0.324. The molecule has 0 aliphatic rings. The SMILES string of the molecule is CCC(C)[O][Fe+]. The molecular formula is C4H9FeO+. The third-order valence-corrected chi connectivity index (χ3v) is 1.16. The van der Waals surface area contributed by atoms with Crippen LogP contribution in [0, 0.1) is 0 Å². The molecule has 0 N–H and O–H groups in total. The van der Waals surface area contributed by atoms with Crippen LogP contribution in [0.25, 0.3) is 0 Å².